The van der Waals surface area contributed by atoms with E-state index in [2.05, 4.69) is 0 Å². The second-order valence-electron chi connectivity index (χ2n) is 7.18. The number of benzene rings is 2. The lowest BCUT2D eigenvalue weighted by molar-refractivity contribution is -0.152. The summed E-state index contributed by atoms with van der Waals surface area (Å²) in [5.41, 5.74) is 2.04. The number of ether oxygens (including phenoxy) is 2. The van der Waals surface area contributed by atoms with E-state index < -0.39 is 0 Å². The molecule has 0 aromatic heterocycles. The van der Waals surface area contributed by atoms with Crippen LogP contribution in [0.15, 0.2) is 60.7 Å². The van der Waals surface area contributed by atoms with E-state index in [4.69, 9.17) is 9.47 Å². The van der Waals surface area contributed by atoms with Crippen LogP contribution in [0.3, 0.4) is 0 Å². The summed E-state index contributed by atoms with van der Waals surface area (Å²) in [7, 11) is 0. The van der Waals surface area contributed by atoms with Crippen molar-refractivity contribution in [1.29, 1.82) is 0 Å². The van der Waals surface area contributed by atoms with Crippen LogP contribution in [-0.4, -0.2) is 24.1 Å². The third kappa shape index (κ3) is 3.12. The molecule has 4 nitrogen and oxygen atoms in total. The minimum absolute atomic E-state index is 0. The van der Waals surface area contributed by atoms with Crippen molar-refractivity contribution in [3.8, 4) is 0 Å². The smallest absolute Gasteiger partial charge is 0.313 e. The lowest BCUT2D eigenvalue weighted by Crippen LogP contribution is -2.26. The second-order valence-corrected chi connectivity index (χ2v) is 7.18. The molecule has 1 aliphatic heterocycles. The zero-order chi connectivity index (χ0) is 18.1. The van der Waals surface area contributed by atoms with E-state index in [1.807, 2.05) is 67.6 Å². The van der Waals surface area contributed by atoms with Gasteiger partial charge in [-0.05, 0) is 18.1 Å². The maximum absolute atomic E-state index is 12.7. The molecule has 0 spiro atoms. The largest absolute Gasteiger partial charge is 0.462 e. The molecule has 5 atom stereocenters. The van der Waals surface area contributed by atoms with Crippen molar-refractivity contribution in [2.24, 2.45) is 5.92 Å². The van der Waals surface area contributed by atoms with E-state index >= 15 is 0 Å². The summed E-state index contributed by atoms with van der Waals surface area (Å²) in [6, 6.07) is 19.6. The number of fused-ring (bicyclic) bond motifs is 1. The van der Waals surface area contributed by atoms with Gasteiger partial charge in [0.25, 0.3) is 0 Å². The molecule has 1 aliphatic carbocycles. The lowest BCUT2D eigenvalue weighted by atomic mass is 9.86. The molecule has 0 amide bonds. The quantitative estimate of drug-likeness (QED) is 0.768. The Hall–Kier alpha value is -2.62. The standard InChI is InChI=1S/C22H22O4.2H2/c1-14(15-8-4-2-5-9-15)22(24)26-19-13-18-17(12-20(23)25-18)21(19)16-10-6-3-7-11-16;;/h2-11,14,17-19,21H,12-13H2,1H3;2*1H/t14-,17?,18?,19+,21?;;/m1../s1. The van der Waals surface area contributed by atoms with Gasteiger partial charge in [-0.15, -0.1) is 0 Å². The lowest BCUT2D eigenvalue weighted by Gasteiger charge is -2.25. The molecule has 4 heteroatoms. The molecule has 0 bridgehead atoms. The first-order valence-corrected chi connectivity index (χ1v) is 9.13. The summed E-state index contributed by atoms with van der Waals surface area (Å²) in [6.45, 7) is 1.87. The molecule has 0 radical (unpaired) electrons. The van der Waals surface area contributed by atoms with Crippen molar-refractivity contribution in [2.75, 3.05) is 0 Å². The maximum Gasteiger partial charge on any atom is 0.313 e. The van der Waals surface area contributed by atoms with Gasteiger partial charge in [-0.3, -0.25) is 9.59 Å². The van der Waals surface area contributed by atoms with Gasteiger partial charge in [0.05, 0.1) is 12.3 Å². The van der Waals surface area contributed by atoms with Crippen molar-refractivity contribution in [2.45, 2.75) is 43.8 Å². The monoisotopic (exact) mass is 354 g/mol. The highest BCUT2D eigenvalue weighted by molar-refractivity contribution is 5.78. The van der Waals surface area contributed by atoms with Crippen LogP contribution < -0.4 is 0 Å². The first kappa shape index (κ1) is 16.8. The van der Waals surface area contributed by atoms with E-state index in [1.165, 1.54) is 0 Å². The van der Waals surface area contributed by atoms with Gasteiger partial charge >= 0.3 is 11.9 Å². The summed E-state index contributed by atoms with van der Waals surface area (Å²) < 4.78 is 11.4. The van der Waals surface area contributed by atoms with Crippen molar-refractivity contribution in [1.82, 2.24) is 0 Å². The SMILES string of the molecule is C[C@@H](C(=O)O[C@H]1CC2OC(=O)CC2C1c1ccccc1)c1ccccc1.[HH].[HH]. The number of hydrogen-bond donors (Lipinski definition) is 0. The minimum Gasteiger partial charge on any atom is -0.462 e. The molecule has 4 rings (SSSR count). The second kappa shape index (κ2) is 6.94. The zero-order valence-electron chi connectivity index (χ0n) is 14.7. The molecule has 2 aliphatic rings. The Morgan fingerprint density at radius 2 is 1.77 bits per heavy atom. The van der Waals surface area contributed by atoms with Crippen LogP contribution in [0.1, 0.15) is 45.6 Å². The summed E-state index contributed by atoms with van der Waals surface area (Å²) in [6.07, 6.45) is 0.548. The highest BCUT2D eigenvalue weighted by Crippen LogP contribution is 2.48. The topological polar surface area (TPSA) is 52.6 Å². The molecule has 1 saturated heterocycles. The fourth-order valence-corrected chi connectivity index (χ4v) is 4.25. The van der Waals surface area contributed by atoms with E-state index in [9.17, 15) is 9.59 Å². The average molecular weight is 354 g/mol. The zero-order valence-corrected chi connectivity index (χ0v) is 14.7. The van der Waals surface area contributed by atoms with Crippen LogP contribution in [0.4, 0.5) is 0 Å². The van der Waals surface area contributed by atoms with Gasteiger partial charge in [0.2, 0.25) is 0 Å². The number of carbonyl (C=O) groups excluding carboxylic acids is 2. The molecule has 0 N–H and O–H groups in total. The van der Waals surface area contributed by atoms with Crippen LogP contribution in [0.2, 0.25) is 0 Å². The van der Waals surface area contributed by atoms with E-state index in [0.29, 0.717) is 12.8 Å². The Balaban J connectivity index is 0.00000140. The van der Waals surface area contributed by atoms with Gasteiger partial charge in [0, 0.05) is 21.1 Å². The highest BCUT2D eigenvalue weighted by Gasteiger charge is 2.52. The molecule has 138 valence electrons. The van der Waals surface area contributed by atoms with Crippen LogP contribution in [0, 0.1) is 5.92 Å². The fourth-order valence-electron chi connectivity index (χ4n) is 4.25. The van der Waals surface area contributed by atoms with Gasteiger partial charge in [0.15, 0.2) is 0 Å². The molecule has 2 aromatic carbocycles. The van der Waals surface area contributed by atoms with Crippen molar-refractivity contribution in [3.05, 3.63) is 71.8 Å². The van der Waals surface area contributed by atoms with Gasteiger partial charge in [-0.2, -0.15) is 0 Å². The van der Waals surface area contributed by atoms with E-state index in [0.717, 1.165) is 11.1 Å². The molecule has 1 heterocycles. The molecular weight excluding hydrogens is 328 g/mol. The van der Waals surface area contributed by atoms with Gasteiger partial charge < -0.3 is 9.47 Å². The predicted molar refractivity (Wildman–Crippen MR) is 101 cm³/mol. The van der Waals surface area contributed by atoms with Gasteiger partial charge in [-0.25, -0.2) is 0 Å². The Bertz CT molecular complexity index is 797. The molecule has 2 aromatic rings. The summed E-state index contributed by atoms with van der Waals surface area (Å²) in [5, 5.41) is 0. The highest BCUT2D eigenvalue weighted by atomic mass is 16.6. The van der Waals surface area contributed by atoms with Gasteiger partial charge in [-0.1, -0.05) is 60.7 Å². The summed E-state index contributed by atoms with van der Waals surface area (Å²) in [4.78, 5) is 24.5. The number of esters is 2. The van der Waals surface area contributed by atoms with Crippen LogP contribution in [0.5, 0.6) is 0 Å². The molecule has 2 fully saturated rings. The predicted octanol–water partition coefficient (Wildman–Crippen LogP) is 4.31. The first-order valence-electron chi connectivity index (χ1n) is 9.13. The number of carbonyl (C=O) groups is 2. The van der Waals surface area contributed by atoms with Crippen molar-refractivity contribution in [3.63, 3.8) is 0 Å². The van der Waals surface area contributed by atoms with E-state index in [-0.39, 0.29) is 44.8 Å². The Morgan fingerprint density at radius 3 is 2.46 bits per heavy atom. The molecule has 1 saturated carbocycles. The maximum atomic E-state index is 12.7. The molecule has 26 heavy (non-hydrogen) atoms. The fraction of sp³-hybridized carbons (Fsp3) is 0.364. The van der Waals surface area contributed by atoms with Crippen LogP contribution in [-0.2, 0) is 19.1 Å². The average Bonchev–Trinajstić information content (AvgIpc) is 3.17. The number of rotatable bonds is 4. The number of hydrogen-bond acceptors (Lipinski definition) is 4. The summed E-state index contributed by atoms with van der Waals surface area (Å²) in [5.74, 6) is -0.623. The van der Waals surface area contributed by atoms with Crippen molar-refractivity contribution >= 4 is 11.9 Å². The summed E-state index contributed by atoms with van der Waals surface area (Å²) >= 11 is 0. The Morgan fingerprint density at radius 1 is 1.12 bits per heavy atom. The first-order chi connectivity index (χ1) is 12.6. The normalized spacial score (nSPS) is 28.3. The minimum atomic E-state index is -0.324. The van der Waals surface area contributed by atoms with Crippen molar-refractivity contribution < 1.29 is 21.9 Å². The van der Waals surface area contributed by atoms with Crippen LogP contribution in [0.25, 0.3) is 0 Å². The molecular formula is C22H26O4. The third-order valence-corrected chi connectivity index (χ3v) is 5.59. The Kier molecular flexibility index (Phi) is 4.49. The third-order valence-electron chi connectivity index (χ3n) is 5.59. The Labute approximate surface area is 156 Å². The molecule has 3 unspecified atom stereocenters. The van der Waals surface area contributed by atoms with Crippen LogP contribution >= 0.6 is 0 Å². The van der Waals surface area contributed by atoms with E-state index in [1.54, 1.807) is 0 Å². The van der Waals surface area contributed by atoms with Gasteiger partial charge in [0.1, 0.15) is 12.2 Å².